The van der Waals surface area contributed by atoms with Gasteiger partial charge in [-0.25, -0.2) is 13.2 Å². The first-order valence-corrected chi connectivity index (χ1v) is 4.71. The van der Waals surface area contributed by atoms with Gasteiger partial charge in [0.25, 0.3) is 6.43 Å². The highest BCUT2D eigenvalue weighted by molar-refractivity contribution is 5.95. The van der Waals surface area contributed by atoms with Crippen molar-refractivity contribution >= 4 is 11.9 Å². The molecule has 4 nitrogen and oxygen atoms in total. The maximum Gasteiger partial charge on any atom is 0.323 e. The van der Waals surface area contributed by atoms with Crippen molar-refractivity contribution in [2.75, 3.05) is 13.2 Å². The number of rotatable bonds is 6. The predicted octanol–water partition coefficient (Wildman–Crippen LogP) is 1.33. The number of alkyl halides is 3. The van der Waals surface area contributed by atoms with Crippen molar-refractivity contribution in [2.45, 2.75) is 26.4 Å². The monoisotopic (exact) mass is 242 g/mol. The molecule has 0 rings (SSSR count). The van der Waals surface area contributed by atoms with E-state index < -0.39 is 30.5 Å². The summed E-state index contributed by atoms with van der Waals surface area (Å²) in [5, 5.41) is 0. The number of halogens is 3. The molecule has 0 aliphatic carbocycles. The van der Waals surface area contributed by atoms with E-state index in [1.807, 2.05) is 0 Å². The van der Waals surface area contributed by atoms with Gasteiger partial charge in [0.05, 0.1) is 13.2 Å². The summed E-state index contributed by atoms with van der Waals surface area (Å²) in [6, 6.07) is 0. The number of carbonyl (C=O) groups is 2. The predicted molar refractivity (Wildman–Crippen MR) is 47.7 cm³/mol. The van der Waals surface area contributed by atoms with Gasteiger partial charge >= 0.3 is 11.9 Å². The third-order valence-electron chi connectivity index (χ3n) is 1.64. The molecular weight excluding hydrogens is 229 g/mol. The first-order valence-electron chi connectivity index (χ1n) is 4.71. The molecule has 0 radical (unpaired) electrons. The molecule has 0 aliphatic rings. The van der Waals surface area contributed by atoms with Crippen LogP contribution < -0.4 is 0 Å². The Bertz CT molecular complexity index is 227. The van der Waals surface area contributed by atoms with E-state index in [0.717, 1.165) is 0 Å². The van der Waals surface area contributed by atoms with Gasteiger partial charge in [-0.3, -0.25) is 9.59 Å². The molecule has 0 aliphatic heterocycles. The minimum Gasteiger partial charge on any atom is -0.465 e. The van der Waals surface area contributed by atoms with Crippen LogP contribution in [0.3, 0.4) is 0 Å². The van der Waals surface area contributed by atoms with Crippen LogP contribution in [0.4, 0.5) is 13.2 Å². The fraction of sp³-hybridized carbons (Fsp3) is 0.778. The van der Waals surface area contributed by atoms with Crippen LogP contribution in [-0.4, -0.2) is 37.7 Å². The first-order chi connectivity index (χ1) is 7.45. The van der Waals surface area contributed by atoms with Gasteiger partial charge in [0.1, 0.15) is 0 Å². The number of carbonyl (C=O) groups excluding carboxylic acids is 2. The van der Waals surface area contributed by atoms with E-state index in [2.05, 4.69) is 9.47 Å². The second kappa shape index (κ2) is 7.08. The molecule has 0 saturated carbocycles. The molecule has 94 valence electrons. The average Bonchev–Trinajstić information content (AvgIpc) is 2.18. The zero-order chi connectivity index (χ0) is 12.7. The van der Waals surface area contributed by atoms with Crippen LogP contribution in [0.5, 0.6) is 0 Å². The van der Waals surface area contributed by atoms with Crippen LogP contribution in [0.1, 0.15) is 13.8 Å². The lowest BCUT2D eigenvalue weighted by Crippen LogP contribution is -2.39. The number of ether oxygens (including phenoxy) is 2. The van der Waals surface area contributed by atoms with Crippen molar-refractivity contribution in [3.8, 4) is 0 Å². The third-order valence-corrected chi connectivity index (χ3v) is 1.64. The Morgan fingerprint density at radius 3 is 1.62 bits per heavy atom. The molecule has 0 bridgehead atoms. The summed E-state index contributed by atoms with van der Waals surface area (Å²) in [5.41, 5.74) is 0. The van der Waals surface area contributed by atoms with Crippen molar-refractivity contribution in [1.29, 1.82) is 0 Å². The molecule has 0 spiro atoms. The molecule has 1 unspecified atom stereocenters. The van der Waals surface area contributed by atoms with Gasteiger partial charge in [0, 0.05) is 0 Å². The second-order valence-electron chi connectivity index (χ2n) is 2.76. The molecule has 7 heteroatoms. The number of hydrogen-bond donors (Lipinski definition) is 0. The fourth-order valence-corrected chi connectivity index (χ4v) is 0.966. The van der Waals surface area contributed by atoms with Gasteiger partial charge in [-0.2, -0.15) is 0 Å². The number of hydrogen-bond acceptors (Lipinski definition) is 4. The minimum absolute atomic E-state index is 0.134. The van der Waals surface area contributed by atoms with Crippen LogP contribution in [-0.2, 0) is 19.1 Å². The van der Waals surface area contributed by atoms with Crippen molar-refractivity contribution in [3.05, 3.63) is 0 Å². The highest BCUT2D eigenvalue weighted by Gasteiger charge is 2.42. The summed E-state index contributed by atoms with van der Waals surface area (Å²) in [4.78, 5) is 22.2. The summed E-state index contributed by atoms with van der Waals surface area (Å²) >= 11 is 0. The molecular formula is C9H13F3O4. The Kier molecular flexibility index (Phi) is 6.52. The fourth-order valence-electron chi connectivity index (χ4n) is 0.966. The lowest BCUT2D eigenvalue weighted by molar-refractivity contribution is -0.168. The zero-order valence-corrected chi connectivity index (χ0v) is 8.91. The van der Waals surface area contributed by atoms with Gasteiger partial charge in [-0.1, -0.05) is 0 Å². The minimum atomic E-state index is -3.45. The summed E-state index contributed by atoms with van der Waals surface area (Å²) in [7, 11) is 0. The van der Waals surface area contributed by atoms with Crippen LogP contribution in [0, 0.1) is 5.92 Å². The Balaban J connectivity index is 4.75. The summed E-state index contributed by atoms with van der Waals surface area (Å²) in [5.74, 6) is -4.90. The van der Waals surface area contributed by atoms with E-state index in [-0.39, 0.29) is 13.2 Å². The Morgan fingerprint density at radius 1 is 1.00 bits per heavy atom. The third kappa shape index (κ3) is 4.08. The molecule has 1 atom stereocenters. The maximum absolute atomic E-state index is 13.0. The normalized spacial score (nSPS) is 12.7. The zero-order valence-electron chi connectivity index (χ0n) is 8.91. The van der Waals surface area contributed by atoms with Gasteiger partial charge in [0.15, 0.2) is 12.1 Å². The maximum atomic E-state index is 13.0. The first kappa shape index (κ1) is 14.7. The van der Waals surface area contributed by atoms with Gasteiger partial charge < -0.3 is 9.47 Å². The standard InChI is InChI=1S/C9H13F3O4/c1-3-15-8(13)5(6(10)7(11)12)9(14)16-4-2/h5-7H,3-4H2,1-2H3. The van der Waals surface area contributed by atoms with Crippen molar-refractivity contribution < 1.29 is 32.2 Å². The van der Waals surface area contributed by atoms with Crippen LogP contribution in [0.25, 0.3) is 0 Å². The Morgan fingerprint density at radius 2 is 1.38 bits per heavy atom. The molecule has 0 fully saturated rings. The Labute approximate surface area is 90.7 Å². The lowest BCUT2D eigenvalue weighted by Gasteiger charge is -2.17. The number of esters is 2. The quantitative estimate of drug-likeness (QED) is 0.521. The Hall–Kier alpha value is -1.27. The lowest BCUT2D eigenvalue weighted by atomic mass is 10.0. The van der Waals surface area contributed by atoms with E-state index in [9.17, 15) is 22.8 Å². The van der Waals surface area contributed by atoms with E-state index in [1.165, 1.54) is 13.8 Å². The molecule has 0 aromatic carbocycles. The van der Waals surface area contributed by atoms with Crippen molar-refractivity contribution in [3.63, 3.8) is 0 Å². The SMILES string of the molecule is CCOC(=O)C(C(=O)OCC)C(F)C(F)F. The summed E-state index contributed by atoms with van der Waals surface area (Å²) in [6.07, 6.45) is -6.36. The van der Waals surface area contributed by atoms with Crippen molar-refractivity contribution in [2.24, 2.45) is 5.92 Å². The van der Waals surface area contributed by atoms with Crippen LogP contribution in [0.2, 0.25) is 0 Å². The molecule has 0 saturated heterocycles. The smallest absolute Gasteiger partial charge is 0.323 e. The van der Waals surface area contributed by atoms with E-state index >= 15 is 0 Å². The molecule has 0 amide bonds. The van der Waals surface area contributed by atoms with E-state index in [4.69, 9.17) is 0 Å². The van der Waals surface area contributed by atoms with Gasteiger partial charge in [-0.05, 0) is 13.8 Å². The molecule has 0 heterocycles. The van der Waals surface area contributed by atoms with E-state index in [0.29, 0.717) is 0 Å². The highest BCUT2D eigenvalue weighted by atomic mass is 19.3. The largest absolute Gasteiger partial charge is 0.465 e. The van der Waals surface area contributed by atoms with E-state index in [1.54, 1.807) is 0 Å². The molecule has 16 heavy (non-hydrogen) atoms. The molecule has 0 aromatic rings. The second-order valence-corrected chi connectivity index (χ2v) is 2.76. The van der Waals surface area contributed by atoms with Gasteiger partial charge in [0.2, 0.25) is 0 Å². The molecule has 0 N–H and O–H groups in total. The van der Waals surface area contributed by atoms with Crippen LogP contribution >= 0.6 is 0 Å². The van der Waals surface area contributed by atoms with Crippen LogP contribution in [0.15, 0.2) is 0 Å². The topological polar surface area (TPSA) is 52.6 Å². The summed E-state index contributed by atoms with van der Waals surface area (Å²) in [6.45, 7) is 2.56. The highest BCUT2D eigenvalue weighted by Crippen LogP contribution is 2.19. The van der Waals surface area contributed by atoms with Gasteiger partial charge in [-0.15, -0.1) is 0 Å². The van der Waals surface area contributed by atoms with Crippen molar-refractivity contribution in [1.82, 2.24) is 0 Å². The average molecular weight is 242 g/mol. The summed E-state index contributed by atoms with van der Waals surface area (Å²) < 4.78 is 45.8. The molecule has 0 aromatic heterocycles.